The Morgan fingerprint density at radius 3 is 2.81 bits per heavy atom. The number of carbonyl (C=O) groups excluding carboxylic acids is 1. The Balaban J connectivity index is 1.78. The first-order valence-electron chi connectivity index (χ1n) is 6.77. The van der Waals surface area contributed by atoms with E-state index in [2.05, 4.69) is 21.2 Å². The fourth-order valence-corrected chi connectivity index (χ4v) is 2.50. The monoisotopic (exact) mass is 351 g/mol. The van der Waals surface area contributed by atoms with Gasteiger partial charge in [-0.3, -0.25) is 4.79 Å². The zero-order valence-corrected chi connectivity index (χ0v) is 13.4. The zero-order valence-electron chi connectivity index (χ0n) is 11.8. The van der Waals surface area contributed by atoms with Gasteiger partial charge in [0, 0.05) is 18.0 Å². The number of halogens is 1. The van der Waals surface area contributed by atoms with Crippen molar-refractivity contribution in [2.24, 2.45) is 0 Å². The molecule has 0 saturated carbocycles. The van der Waals surface area contributed by atoms with Gasteiger partial charge in [0.1, 0.15) is 11.9 Å². The minimum absolute atomic E-state index is 0.000593. The third-order valence-electron chi connectivity index (χ3n) is 3.21. The molecule has 0 spiro atoms. The van der Waals surface area contributed by atoms with E-state index in [-0.39, 0.29) is 12.0 Å². The Morgan fingerprint density at radius 1 is 1.33 bits per heavy atom. The van der Waals surface area contributed by atoms with E-state index in [1.807, 2.05) is 30.3 Å². The summed E-state index contributed by atoms with van der Waals surface area (Å²) in [5.41, 5.74) is 1.13. The number of benzene rings is 1. The highest BCUT2D eigenvalue weighted by molar-refractivity contribution is 9.10. The van der Waals surface area contributed by atoms with Crippen LogP contribution in [0.5, 0.6) is 0 Å². The van der Waals surface area contributed by atoms with Crippen LogP contribution in [0, 0.1) is 0 Å². The number of furan rings is 1. The summed E-state index contributed by atoms with van der Waals surface area (Å²) in [5.74, 6) is 0.711. The number of hydrogen-bond donors (Lipinski definition) is 1. The van der Waals surface area contributed by atoms with Crippen LogP contribution in [0.3, 0.4) is 0 Å². The maximum Gasteiger partial charge on any atom is 0.220 e. The van der Waals surface area contributed by atoms with E-state index in [9.17, 15) is 4.79 Å². The predicted octanol–water partition coefficient (Wildman–Crippen LogP) is 3.48. The van der Waals surface area contributed by atoms with Crippen molar-refractivity contribution in [3.8, 4) is 0 Å². The van der Waals surface area contributed by atoms with Crippen LogP contribution in [-0.2, 0) is 16.0 Å². The van der Waals surface area contributed by atoms with Gasteiger partial charge < -0.3 is 14.5 Å². The van der Waals surface area contributed by atoms with Gasteiger partial charge in [0.15, 0.2) is 0 Å². The van der Waals surface area contributed by atoms with Crippen molar-refractivity contribution in [1.29, 1.82) is 0 Å². The predicted molar refractivity (Wildman–Crippen MR) is 83.9 cm³/mol. The molecule has 2 rings (SSSR count). The van der Waals surface area contributed by atoms with E-state index in [4.69, 9.17) is 9.15 Å². The van der Waals surface area contributed by atoms with E-state index < -0.39 is 0 Å². The third-order valence-corrected chi connectivity index (χ3v) is 3.98. The minimum Gasteiger partial charge on any atom is -0.467 e. The molecule has 0 bridgehead atoms. The van der Waals surface area contributed by atoms with Crippen LogP contribution in [0.4, 0.5) is 0 Å². The number of nitrogens with one attached hydrogen (secondary N) is 1. The lowest BCUT2D eigenvalue weighted by molar-refractivity contribution is -0.121. The molecule has 2 aromatic rings. The molecule has 1 heterocycles. The first-order chi connectivity index (χ1) is 10.2. The fourth-order valence-electron chi connectivity index (χ4n) is 2.02. The molecule has 0 aliphatic carbocycles. The van der Waals surface area contributed by atoms with Crippen molar-refractivity contribution in [2.45, 2.75) is 18.9 Å². The van der Waals surface area contributed by atoms with Crippen LogP contribution in [0.2, 0.25) is 0 Å². The molecule has 0 saturated heterocycles. The molecule has 1 aromatic heterocycles. The molecular weight excluding hydrogens is 334 g/mol. The Kier molecular flexibility index (Phi) is 6.02. The summed E-state index contributed by atoms with van der Waals surface area (Å²) in [7, 11) is 1.60. The fraction of sp³-hybridized carbons (Fsp3) is 0.312. The van der Waals surface area contributed by atoms with Crippen molar-refractivity contribution >= 4 is 21.8 Å². The van der Waals surface area contributed by atoms with Gasteiger partial charge in [-0.2, -0.15) is 0 Å². The van der Waals surface area contributed by atoms with Crippen LogP contribution in [0.15, 0.2) is 51.6 Å². The van der Waals surface area contributed by atoms with Gasteiger partial charge in [-0.05, 0) is 30.2 Å². The Hall–Kier alpha value is -1.59. The zero-order chi connectivity index (χ0) is 15.1. The Bertz CT molecular complexity index is 569. The molecule has 5 heteroatoms. The van der Waals surface area contributed by atoms with E-state index >= 15 is 0 Å². The van der Waals surface area contributed by atoms with Crippen molar-refractivity contribution in [1.82, 2.24) is 5.32 Å². The molecule has 0 unspecified atom stereocenters. The molecule has 21 heavy (non-hydrogen) atoms. The summed E-state index contributed by atoms with van der Waals surface area (Å²) in [6.45, 7) is 0.402. The maximum atomic E-state index is 11.9. The summed E-state index contributed by atoms with van der Waals surface area (Å²) in [4.78, 5) is 11.9. The van der Waals surface area contributed by atoms with Gasteiger partial charge in [-0.1, -0.05) is 34.1 Å². The largest absolute Gasteiger partial charge is 0.467 e. The van der Waals surface area contributed by atoms with Crippen molar-refractivity contribution in [2.75, 3.05) is 13.7 Å². The van der Waals surface area contributed by atoms with Crippen LogP contribution < -0.4 is 5.32 Å². The molecule has 1 amide bonds. The summed E-state index contributed by atoms with van der Waals surface area (Å²) in [5, 5.41) is 2.87. The van der Waals surface area contributed by atoms with Crippen molar-refractivity contribution in [3.63, 3.8) is 0 Å². The van der Waals surface area contributed by atoms with Gasteiger partial charge in [-0.25, -0.2) is 0 Å². The van der Waals surface area contributed by atoms with Gasteiger partial charge in [0.25, 0.3) is 0 Å². The van der Waals surface area contributed by atoms with Crippen molar-refractivity contribution in [3.05, 3.63) is 58.5 Å². The van der Waals surface area contributed by atoms with Crippen LogP contribution >= 0.6 is 15.9 Å². The van der Waals surface area contributed by atoms with E-state index in [0.717, 1.165) is 10.0 Å². The average Bonchev–Trinajstić information content (AvgIpc) is 3.01. The minimum atomic E-state index is -0.257. The summed E-state index contributed by atoms with van der Waals surface area (Å²) >= 11 is 3.48. The molecule has 0 aliphatic heterocycles. The molecule has 1 N–H and O–H groups in total. The highest BCUT2D eigenvalue weighted by Crippen LogP contribution is 2.18. The molecule has 1 aromatic carbocycles. The normalized spacial score (nSPS) is 12.1. The number of amides is 1. The molecule has 0 fully saturated rings. The van der Waals surface area contributed by atoms with Gasteiger partial charge >= 0.3 is 0 Å². The molecule has 112 valence electrons. The quantitative estimate of drug-likeness (QED) is 0.830. The third kappa shape index (κ3) is 4.72. The van der Waals surface area contributed by atoms with Gasteiger partial charge in [-0.15, -0.1) is 0 Å². The van der Waals surface area contributed by atoms with Gasteiger partial charge in [0.2, 0.25) is 5.91 Å². The average molecular weight is 352 g/mol. The van der Waals surface area contributed by atoms with E-state index in [1.54, 1.807) is 19.4 Å². The molecule has 0 radical (unpaired) electrons. The summed E-state index contributed by atoms with van der Waals surface area (Å²) in [6, 6.07) is 11.6. The number of carbonyl (C=O) groups is 1. The van der Waals surface area contributed by atoms with Crippen molar-refractivity contribution < 1.29 is 13.9 Å². The number of rotatable bonds is 7. The number of ether oxygens (including phenoxy) is 1. The first kappa shape index (κ1) is 15.8. The van der Waals surface area contributed by atoms with E-state index in [1.165, 1.54) is 0 Å². The second-order valence-electron chi connectivity index (χ2n) is 4.64. The maximum absolute atomic E-state index is 11.9. The second-order valence-corrected chi connectivity index (χ2v) is 5.49. The van der Waals surface area contributed by atoms with Crippen LogP contribution in [0.25, 0.3) is 0 Å². The van der Waals surface area contributed by atoms with Crippen LogP contribution in [-0.4, -0.2) is 19.6 Å². The number of aryl methyl sites for hydroxylation is 1. The topological polar surface area (TPSA) is 51.5 Å². The molecule has 4 nitrogen and oxygen atoms in total. The summed E-state index contributed by atoms with van der Waals surface area (Å²) in [6.07, 6.45) is 2.48. The lowest BCUT2D eigenvalue weighted by Crippen LogP contribution is -2.29. The number of hydrogen-bond acceptors (Lipinski definition) is 3. The SMILES string of the molecule is CO[C@H](CNC(=O)CCc1ccccc1Br)c1ccco1. The highest BCUT2D eigenvalue weighted by atomic mass is 79.9. The van der Waals surface area contributed by atoms with E-state index in [0.29, 0.717) is 25.1 Å². The number of methoxy groups -OCH3 is 1. The molecule has 0 aliphatic rings. The first-order valence-corrected chi connectivity index (χ1v) is 7.56. The van der Waals surface area contributed by atoms with Crippen LogP contribution in [0.1, 0.15) is 23.8 Å². The Morgan fingerprint density at radius 2 is 2.14 bits per heavy atom. The van der Waals surface area contributed by atoms with Gasteiger partial charge in [0.05, 0.1) is 12.8 Å². The lowest BCUT2D eigenvalue weighted by Gasteiger charge is -2.13. The lowest BCUT2D eigenvalue weighted by atomic mass is 10.1. The standard InChI is InChI=1S/C16H18BrNO3/c1-20-15(14-7-4-10-21-14)11-18-16(19)9-8-12-5-2-3-6-13(12)17/h2-7,10,15H,8-9,11H2,1H3,(H,18,19)/t15-/m1/s1. The highest BCUT2D eigenvalue weighted by Gasteiger charge is 2.14. The Labute approximate surface area is 132 Å². The molecule has 1 atom stereocenters. The summed E-state index contributed by atoms with van der Waals surface area (Å²) < 4.78 is 11.6. The molecular formula is C16H18BrNO3. The second kappa shape index (κ2) is 8.00. The smallest absolute Gasteiger partial charge is 0.220 e.